The summed E-state index contributed by atoms with van der Waals surface area (Å²) in [6.45, 7) is 1.69. The first-order valence-electron chi connectivity index (χ1n) is 5.20. The number of hydrogen-bond donors (Lipinski definition) is 1. The summed E-state index contributed by atoms with van der Waals surface area (Å²) in [5, 5.41) is 10.3. The van der Waals surface area contributed by atoms with Crippen molar-refractivity contribution in [3.63, 3.8) is 0 Å². The summed E-state index contributed by atoms with van der Waals surface area (Å²) >= 11 is 6.95. The molecule has 18 heavy (non-hydrogen) atoms. The van der Waals surface area contributed by atoms with Gasteiger partial charge >= 0.3 is 5.97 Å². The van der Waals surface area contributed by atoms with Crippen molar-refractivity contribution in [3.8, 4) is 0 Å². The fourth-order valence-corrected chi connectivity index (χ4v) is 2.36. The lowest BCUT2D eigenvalue weighted by Gasteiger charge is -1.92. The summed E-state index contributed by atoms with van der Waals surface area (Å²) in [7, 11) is 0. The normalized spacial score (nSPS) is 11.0. The molecule has 0 unspecified atom stereocenters. The molecule has 0 aliphatic carbocycles. The highest BCUT2D eigenvalue weighted by molar-refractivity contribution is 7.14. The highest BCUT2D eigenvalue weighted by Crippen LogP contribution is 2.20. The Kier molecular flexibility index (Phi) is 3.79. The van der Waals surface area contributed by atoms with E-state index in [1.54, 1.807) is 25.1 Å². The van der Waals surface area contributed by atoms with Crippen LogP contribution in [0, 0.1) is 6.92 Å². The minimum Gasteiger partial charge on any atom is -0.477 e. The van der Waals surface area contributed by atoms with Crippen molar-refractivity contribution in [3.05, 3.63) is 50.4 Å². The molecule has 0 saturated heterocycles. The standard InChI is InChI=1S/C13H10ClNO2S/c1-8-12(13(16)17)18-11(15-8)7-4-9-2-5-10(14)6-3-9/h2-7H,1H3,(H,16,17). The van der Waals surface area contributed by atoms with Gasteiger partial charge in [-0.05, 0) is 30.7 Å². The number of carboxylic acids is 1. The van der Waals surface area contributed by atoms with Crippen molar-refractivity contribution in [2.75, 3.05) is 0 Å². The van der Waals surface area contributed by atoms with E-state index in [2.05, 4.69) is 4.98 Å². The number of aromatic nitrogens is 1. The number of hydrogen-bond acceptors (Lipinski definition) is 3. The van der Waals surface area contributed by atoms with Gasteiger partial charge in [0.15, 0.2) is 0 Å². The number of thiazole rings is 1. The minimum absolute atomic E-state index is 0.283. The van der Waals surface area contributed by atoms with Crippen LogP contribution in [-0.4, -0.2) is 16.1 Å². The van der Waals surface area contributed by atoms with Crippen molar-refractivity contribution in [2.24, 2.45) is 0 Å². The average Bonchev–Trinajstić information content (AvgIpc) is 2.70. The zero-order chi connectivity index (χ0) is 13.1. The molecule has 1 aromatic heterocycles. The molecule has 0 bridgehead atoms. The van der Waals surface area contributed by atoms with Gasteiger partial charge in [0.25, 0.3) is 0 Å². The van der Waals surface area contributed by atoms with E-state index >= 15 is 0 Å². The molecular weight excluding hydrogens is 270 g/mol. The van der Waals surface area contributed by atoms with E-state index in [1.165, 1.54) is 11.3 Å². The van der Waals surface area contributed by atoms with E-state index in [0.29, 0.717) is 15.7 Å². The lowest BCUT2D eigenvalue weighted by atomic mass is 10.2. The second-order valence-electron chi connectivity index (χ2n) is 3.66. The third-order valence-corrected chi connectivity index (χ3v) is 3.66. The van der Waals surface area contributed by atoms with Gasteiger partial charge in [0.1, 0.15) is 9.88 Å². The van der Waals surface area contributed by atoms with E-state index in [4.69, 9.17) is 16.7 Å². The van der Waals surface area contributed by atoms with Gasteiger partial charge in [-0.25, -0.2) is 9.78 Å². The largest absolute Gasteiger partial charge is 0.477 e. The molecule has 0 atom stereocenters. The topological polar surface area (TPSA) is 50.2 Å². The monoisotopic (exact) mass is 279 g/mol. The highest BCUT2D eigenvalue weighted by Gasteiger charge is 2.12. The Bertz CT molecular complexity index is 602. The average molecular weight is 280 g/mol. The van der Waals surface area contributed by atoms with E-state index in [9.17, 15) is 4.79 Å². The zero-order valence-corrected chi connectivity index (χ0v) is 11.1. The summed E-state index contributed by atoms with van der Waals surface area (Å²) in [5.74, 6) is -0.934. The second kappa shape index (κ2) is 5.33. The van der Waals surface area contributed by atoms with Crippen LogP contribution >= 0.6 is 22.9 Å². The van der Waals surface area contributed by atoms with Crippen LogP contribution in [0.25, 0.3) is 12.2 Å². The predicted molar refractivity (Wildman–Crippen MR) is 74.2 cm³/mol. The SMILES string of the molecule is Cc1nc(C=Cc2ccc(Cl)cc2)sc1C(=O)O. The molecule has 0 spiro atoms. The summed E-state index contributed by atoms with van der Waals surface area (Å²) in [6, 6.07) is 7.38. The fraction of sp³-hybridized carbons (Fsp3) is 0.0769. The van der Waals surface area contributed by atoms with Crippen LogP contribution in [0.15, 0.2) is 24.3 Å². The van der Waals surface area contributed by atoms with Crippen LogP contribution < -0.4 is 0 Å². The Morgan fingerprint density at radius 1 is 1.33 bits per heavy atom. The summed E-state index contributed by atoms with van der Waals surface area (Å²) in [6.07, 6.45) is 3.67. The molecule has 1 aromatic carbocycles. The Labute approximate surface area is 113 Å². The van der Waals surface area contributed by atoms with Crippen LogP contribution in [0.1, 0.15) is 25.9 Å². The number of carboxylic acid groups (broad SMARTS) is 1. The maximum atomic E-state index is 10.9. The molecule has 1 N–H and O–H groups in total. The minimum atomic E-state index is -0.934. The van der Waals surface area contributed by atoms with Crippen molar-refractivity contribution >= 4 is 41.1 Å². The Hall–Kier alpha value is -1.65. The molecule has 2 aromatic rings. The molecule has 0 saturated carbocycles. The molecular formula is C13H10ClNO2S. The van der Waals surface area contributed by atoms with Crippen LogP contribution in [0.5, 0.6) is 0 Å². The first kappa shape index (κ1) is 12.8. The first-order chi connectivity index (χ1) is 8.56. The molecule has 1 heterocycles. The molecule has 0 aliphatic rings. The number of aromatic carboxylic acids is 1. The van der Waals surface area contributed by atoms with Gasteiger partial charge in [-0.15, -0.1) is 11.3 Å². The molecule has 0 aliphatic heterocycles. The number of halogens is 1. The predicted octanol–water partition coefficient (Wildman–Crippen LogP) is 3.97. The maximum Gasteiger partial charge on any atom is 0.347 e. The Morgan fingerprint density at radius 2 is 2.00 bits per heavy atom. The van der Waals surface area contributed by atoms with Gasteiger partial charge in [-0.1, -0.05) is 29.8 Å². The molecule has 0 radical (unpaired) electrons. The molecule has 0 amide bonds. The smallest absolute Gasteiger partial charge is 0.347 e. The van der Waals surface area contributed by atoms with Crippen molar-refractivity contribution in [2.45, 2.75) is 6.92 Å². The molecule has 2 rings (SSSR count). The Balaban J connectivity index is 2.21. The number of aryl methyl sites for hydroxylation is 1. The zero-order valence-electron chi connectivity index (χ0n) is 9.55. The second-order valence-corrected chi connectivity index (χ2v) is 5.12. The summed E-state index contributed by atoms with van der Waals surface area (Å²) in [4.78, 5) is 15.4. The summed E-state index contributed by atoms with van der Waals surface area (Å²) in [5.41, 5.74) is 1.53. The van der Waals surface area contributed by atoms with Crippen molar-refractivity contribution in [1.29, 1.82) is 0 Å². The first-order valence-corrected chi connectivity index (χ1v) is 6.40. The third-order valence-electron chi connectivity index (χ3n) is 2.30. The molecule has 0 fully saturated rings. The van der Waals surface area contributed by atoms with Gasteiger partial charge in [-0.3, -0.25) is 0 Å². The number of rotatable bonds is 3. The molecule has 92 valence electrons. The quantitative estimate of drug-likeness (QED) is 0.925. The van der Waals surface area contributed by atoms with Crippen LogP contribution in [0.4, 0.5) is 0 Å². The summed E-state index contributed by atoms with van der Waals surface area (Å²) < 4.78 is 0. The number of benzene rings is 1. The van der Waals surface area contributed by atoms with Gasteiger partial charge in [-0.2, -0.15) is 0 Å². The van der Waals surface area contributed by atoms with Gasteiger partial charge < -0.3 is 5.11 Å². The van der Waals surface area contributed by atoms with Crippen molar-refractivity contribution in [1.82, 2.24) is 4.98 Å². The number of carbonyl (C=O) groups is 1. The van der Waals surface area contributed by atoms with E-state index in [0.717, 1.165) is 5.56 Å². The van der Waals surface area contributed by atoms with Gasteiger partial charge in [0.2, 0.25) is 0 Å². The Morgan fingerprint density at radius 3 is 2.56 bits per heavy atom. The van der Waals surface area contributed by atoms with E-state index in [1.807, 2.05) is 18.2 Å². The van der Waals surface area contributed by atoms with E-state index in [-0.39, 0.29) is 4.88 Å². The van der Waals surface area contributed by atoms with E-state index < -0.39 is 5.97 Å². The fourth-order valence-electron chi connectivity index (χ4n) is 1.43. The van der Waals surface area contributed by atoms with Crippen molar-refractivity contribution < 1.29 is 9.90 Å². The number of nitrogens with zero attached hydrogens (tertiary/aromatic N) is 1. The van der Waals surface area contributed by atoms with Crippen LogP contribution in [0.2, 0.25) is 5.02 Å². The lowest BCUT2D eigenvalue weighted by Crippen LogP contribution is -1.94. The van der Waals surface area contributed by atoms with Gasteiger partial charge in [0, 0.05) is 5.02 Å². The van der Waals surface area contributed by atoms with Crippen LogP contribution in [-0.2, 0) is 0 Å². The van der Waals surface area contributed by atoms with Crippen LogP contribution in [0.3, 0.4) is 0 Å². The maximum absolute atomic E-state index is 10.9. The lowest BCUT2D eigenvalue weighted by molar-refractivity contribution is 0.0701. The molecule has 5 heteroatoms. The molecule has 3 nitrogen and oxygen atoms in total. The van der Waals surface area contributed by atoms with Gasteiger partial charge in [0.05, 0.1) is 5.69 Å². The highest BCUT2D eigenvalue weighted by atomic mass is 35.5. The third kappa shape index (κ3) is 2.97.